The highest BCUT2D eigenvalue weighted by Crippen LogP contribution is 2.23. The van der Waals surface area contributed by atoms with Crippen LogP contribution in [0.3, 0.4) is 0 Å². The van der Waals surface area contributed by atoms with Crippen molar-refractivity contribution >= 4 is 34.9 Å². The molecular formula is C19H14Cl2N2O. The zero-order chi connectivity index (χ0) is 16.9. The summed E-state index contributed by atoms with van der Waals surface area (Å²) >= 11 is 12.3. The smallest absolute Gasteiger partial charge is 0.259 e. The molecule has 0 unspecified atom stereocenters. The van der Waals surface area contributed by atoms with E-state index in [1.54, 1.807) is 53.6 Å². The minimum absolute atomic E-state index is 0.184. The first-order valence-electron chi connectivity index (χ1n) is 7.37. The van der Waals surface area contributed by atoms with Crippen molar-refractivity contribution in [1.82, 2.24) is 4.98 Å². The summed E-state index contributed by atoms with van der Waals surface area (Å²) in [7, 11) is 0. The van der Waals surface area contributed by atoms with Crippen LogP contribution in [0.15, 0.2) is 72.9 Å². The van der Waals surface area contributed by atoms with Crippen LogP contribution in [-0.4, -0.2) is 10.9 Å². The van der Waals surface area contributed by atoms with Crippen LogP contribution in [0.25, 0.3) is 0 Å². The molecule has 1 aromatic heterocycles. The summed E-state index contributed by atoms with van der Waals surface area (Å²) < 4.78 is 0. The van der Waals surface area contributed by atoms with Gasteiger partial charge in [-0.2, -0.15) is 0 Å². The SMILES string of the molecule is O=C(c1cccc(Cl)c1)N(Cc1ccccc1Cl)c1ccccn1. The van der Waals surface area contributed by atoms with Crippen LogP contribution in [0.5, 0.6) is 0 Å². The summed E-state index contributed by atoms with van der Waals surface area (Å²) in [6.45, 7) is 0.321. The van der Waals surface area contributed by atoms with Gasteiger partial charge in [-0.25, -0.2) is 4.98 Å². The van der Waals surface area contributed by atoms with Crippen molar-refractivity contribution in [3.8, 4) is 0 Å². The van der Waals surface area contributed by atoms with Gasteiger partial charge in [0.15, 0.2) is 0 Å². The van der Waals surface area contributed by atoms with E-state index < -0.39 is 0 Å². The van der Waals surface area contributed by atoms with Gasteiger partial charge in [0.25, 0.3) is 5.91 Å². The Kier molecular flexibility index (Phi) is 5.14. The number of carbonyl (C=O) groups is 1. The summed E-state index contributed by atoms with van der Waals surface area (Å²) in [5.41, 5.74) is 1.35. The van der Waals surface area contributed by atoms with Crippen LogP contribution in [0.4, 0.5) is 5.82 Å². The van der Waals surface area contributed by atoms with E-state index in [4.69, 9.17) is 23.2 Å². The molecule has 0 atom stereocenters. The van der Waals surface area contributed by atoms with Crippen LogP contribution in [0.2, 0.25) is 10.0 Å². The quantitative estimate of drug-likeness (QED) is 0.640. The highest BCUT2D eigenvalue weighted by molar-refractivity contribution is 6.31. The summed E-state index contributed by atoms with van der Waals surface area (Å²) in [5.74, 6) is 0.374. The molecule has 24 heavy (non-hydrogen) atoms. The van der Waals surface area contributed by atoms with Gasteiger partial charge in [0.05, 0.1) is 6.54 Å². The van der Waals surface area contributed by atoms with E-state index in [2.05, 4.69) is 4.98 Å². The van der Waals surface area contributed by atoms with Crippen LogP contribution < -0.4 is 4.90 Å². The van der Waals surface area contributed by atoms with Crippen molar-refractivity contribution in [3.63, 3.8) is 0 Å². The molecule has 0 aliphatic rings. The number of aromatic nitrogens is 1. The lowest BCUT2D eigenvalue weighted by Gasteiger charge is -2.22. The Bertz CT molecular complexity index is 853. The number of pyridine rings is 1. The molecule has 3 rings (SSSR count). The summed E-state index contributed by atoms with van der Waals surface area (Å²) in [5, 5.41) is 1.12. The second-order valence-corrected chi connectivity index (χ2v) is 6.02. The minimum atomic E-state index is -0.184. The van der Waals surface area contributed by atoms with E-state index in [9.17, 15) is 4.79 Å². The zero-order valence-corrected chi connectivity index (χ0v) is 14.2. The minimum Gasteiger partial charge on any atom is -0.288 e. The second-order valence-electron chi connectivity index (χ2n) is 5.18. The normalized spacial score (nSPS) is 10.4. The molecule has 0 aliphatic heterocycles. The number of halogens is 2. The first-order chi connectivity index (χ1) is 11.6. The maximum absolute atomic E-state index is 13.0. The fourth-order valence-corrected chi connectivity index (χ4v) is 2.73. The highest BCUT2D eigenvalue weighted by Gasteiger charge is 2.20. The Balaban J connectivity index is 1.99. The van der Waals surface area contributed by atoms with Crippen molar-refractivity contribution in [3.05, 3.63) is 94.1 Å². The van der Waals surface area contributed by atoms with Crippen molar-refractivity contribution in [1.29, 1.82) is 0 Å². The Labute approximate surface area is 150 Å². The van der Waals surface area contributed by atoms with E-state index in [0.29, 0.717) is 28.0 Å². The van der Waals surface area contributed by atoms with Gasteiger partial charge in [0, 0.05) is 21.8 Å². The molecule has 1 amide bonds. The van der Waals surface area contributed by atoms with Gasteiger partial charge in [-0.1, -0.05) is 53.5 Å². The monoisotopic (exact) mass is 356 g/mol. The van der Waals surface area contributed by atoms with E-state index in [1.165, 1.54) is 0 Å². The first-order valence-corrected chi connectivity index (χ1v) is 8.12. The van der Waals surface area contributed by atoms with Gasteiger partial charge < -0.3 is 0 Å². The largest absolute Gasteiger partial charge is 0.288 e. The Morgan fingerprint density at radius 2 is 1.75 bits per heavy atom. The molecule has 3 aromatic rings. The van der Waals surface area contributed by atoms with Gasteiger partial charge in [-0.05, 0) is 42.0 Å². The van der Waals surface area contributed by atoms with E-state index in [-0.39, 0.29) is 5.91 Å². The number of hydrogen-bond donors (Lipinski definition) is 0. The predicted octanol–water partition coefficient (Wildman–Crippen LogP) is 5.24. The fraction of sp³-hybridized carbons (Fsp3) is 0.0526. The summed E-state index contributed by atoms with van der Waals surface area (Å²) in [4.78, 5) is 18.9. The third-order valence-corrected chi connectivity index (χ3v) is 4.13. The van der Waals surface area contributed by atoms with Crippen molar-refractivity contribution in [2.24, 2.45) is 0 Å². The summed E-state index contributed by atoms with van der Waals surface area (Å²) in [6.07, 6.45) is 1.65. The molecule has 0 aliphatic carbocycles. The average Bonchev–Trinajstić information content (AvgIpc) is 2.61. The van der Waals surface area contributed by atoms with Crippen LogP contribution in [-0.2, 0) is 6.54 Å². The molecule has 2 aromatic carbocycles. The summed E-state index contributed by atoms with van der Waals surface area (Å²) in [6, 6.07) is 19.7. The van der Waals surface area contributed by atoms with E-state index >= 15 is 0 Å². The highest BCUT2D eigenvalue weighted by atomic mass is 35.5. The van der Waals surface area contributed by atoms with Gasteiger partial charge >= 0.3 is 0 Å². The zero-order valence-electron chi connectivity index (χ0n) is 12.7. The number of carbonyl (C=O) groups excluding carboxylic acids is 1. The third kappa shape index (κ3) is 3.75. The molecule has 3 nitrogen and oxygen atoms in total. The topological polar surface area (TPSA) is 33.2 Å². The molecular weight excluding hydrogens is 343 g/mol. The van der Waals surface area contributed by atoms with Gasteiger partial charge in [0.1, 0.15) is 5.82 Å². The lowest BCUT2D eigenvalue weighted by atomic mass is 10.1. The maximum atomic E-state index is 13.0. The van der Waals surface area contributed by atoms with Crippen LogP contribution >= 0.6 is 23.2 Å². The molecule has 120 valence electrons. The molecule has 0 saturated heterocycles. The second kappa shape index (κ2) is 7.47. The number of amides is 1. The van der Waals surface area contributed by atoms with Crippen molar-refractivity contribution < 1.29 is 4.79 Å². The first kappa shape index (κ1) is 16.5. The molecule has 0 radical (unpaired) electrons. The molecule has 5 heteroatoms. The van der Waals surface area contributed by atoms with Crippen molar-refractivity contribution in [2.75, 3.05) is 4.90 Å². The molecule has 0 N–H and O–H groups in total. The average molecular weight is 357 g/mol. The van der Waals surface area contributed by atoms with E-state index in [1.807, 2.05) is 24.3 Å². The Morgan fingerprint density at radius 3 is 2.46 bits per heavy atom. The van der Waals surface area contributed by atoms with Gasteiger partial charge in [-0.3, -0.25) is 9.69 Å². The molecule has 0 saturated carbocycles. The molecule has 1 heterocycles. The van der Waals surface area contributed by atoms with Gasteiger partial charge in [0.2, 0.25) is 0 Å². The fourth-order valence-electron chi connectivity index (χ4n) is 2.34. The standard InChI is InChI=1S/C19H14Cl2N2O/c20-16-8-5-7-14(12-16)19(24)23(18-10-3-4-11-22-18)13-15-6-1-2-9-17(15)21/h1-12H,13H2. The molecule has 0 bridgehead atoms. The molecule has 0 fully saturated rings. The number of hydrogen-bond acceptors (Lipinski definition) is 2. The Hall–Kier alpha value is -2.36. The number of rotatable bonds is 4. The number of anilines is 1. The molecule has 0 spiro atoms. The predicted molar refractivity (Wildman–Crippen MR) is 97.7 cm³/mol. The lowest BCUT2D eigenvalue weighted by molar-refractivity contribution is 0.0984. The van der Waals surface area contributed by atoms with Crippen LogP contribution in [0, 0.1) is 0 Å². The third-order valence-electron chi connectivity index (χ3n) is 3.53. The van der Waals surface area contributed by atoms with Crippen LogP contribution in [0.1, 0.15) is 15.9 Å². The van der Waals surface area contributed by atoms with Gasteiger partial charge in [-0.15, -0.1) is 0 Å². The maximum Gasteiger partial charge on any atom is 0.259 e. The number of nitrogens with zero attached hydrogens (tertiary/aromatic N) is 2. The van der Waals surface area contributed by atoms with E-state index in [0.717, 1.165) is 5.56 Å². The lowest BCUT2D eigenvalue weighted by Crippen LogP contribution is -2.31. The number of benzene rings is 2. The Morgan fingerprint density at radius 1 is 0.958 bits per heavy atom. The van der Waals surface area contributed by atoms with Crippen molar-refractivity contribution in [2.45, 2.75) is 6.54 Å².